The minimum Gasteiger partial charge on any atom is -0.494 e. The molecular formula is C35H47N3O4. The maximum Gasteiger partial charge on any atom is 0.307 e. The van der Waals surface area contributed by atoms with Crippen molar-refractivity contribution in [3.63, 3.8) is 0 Å². The predicted molar refractivity (Wildman–Crippen MR) is 171 cm³/mol. The van der Waals surface area contributed by atoms with Crippen molar-refractivity contribution in [3.8, 4) is 16.9 Å². The van der Waals surface area contributed by atoms with Crippen LogP contribution in [0.25, 0.3) is 11.1 Å². The maximum atomic E-state index is 11.2. The van der Waals surface area contributed by atoms with Gasteiger partial charge in [-0.2, -0.15) is 0 Å². The Labute approximate surface area is 251 Å². The lowest BCUT2D eigenvalue weighted by molar-refractivity contribution is -0.136. The minimum absolute atomic E-state index is 0.0806. The van der Waals surface area contributed by atoms with Gasteiger partial charge in [0.1, 0.15) is 11.6 Å². The highest BCUT2D eigenvalue weighted by Gasteiger charge is 2.13. The van der Waals surface area contributed by atoms with Crippen LogP contribution in [-0.2, 0) is 34.4 Å². The number of hydrogen-bond donors (Lipinski definition) is 3. The molecule has 42 heavy (non-hydrogen) atoms. The lowest BCUT2D eigenvalue weighted by atomic mass is 9.87. The number of aryl methyl sites for hydroxylation is 1. The number of amides is 1. The monoisotopic (exact) mass is 573 g/mol. The Bertz CT molecular complexity index is 1280. The van der Waals surface area contributed by atoms with Gasteiger partial charge in [0.2, 0.25) is 6.41 Å². The van der Waals surface area contributed by atoms with Crippen LogP contribution < -0.4 is 10.1 Å². The number of amidine groups is 1. The number of ether oxygens (including phenoxy) is 1. The van der Waals surface area contributed by atoms with Crippen LogP contribution >= 0.6 is 0 Å². The number of carbonyl (C=O) groups is 2. The Morgan fingerprint density at radius 3 is 2.12 bits per heavy atom. The van der Waals surface area contributed by atoms with E-state index in [1.165, 1.54) is 16.0 Å². The molecule has 0 aliphatic carbocycles. The Kier molecular flexibility index (Phi) is 13.9. The molecule has 0 atom stereocenters. The van der Waals surface area contributed by atoms with Crippen molar-refractivity contribution in [2.45, 2.75) is 72.3 Å². The molecule has 3 aromatic carbocycles. The molecule has 0 unspecified atom stereocenters. The van der Waals surface area contributed by atoms with Gasteiger partial charge >= 0.3 is 5.97 Å². The highest BCUT2D eigenvalue weighted by atomic mass is 16.5. The van der Waals surface area contributed by atoms with Gasteiger partial charge in [0, 0.05) is 25.1 Å². The van der Waals surface area contributed by atoms with Gasteiger partial charge in [-0.1, -0.05) is 75.4 Å². The molecule has 0 spiro atoms. The van der Waals surface area contributed by atoms with Gasteiger partial charge in [-0.3, -0.25) is 15.0 Å². The van der Waals surface area contributed by atoms with Crippen LogP contribution in [0.1, 0.15) is 69.7 Å². The van der Waals surface area contributed by atoms with E-state index in [-0.39, 0.29) is 11.8 Å². The fourth-order valence-corrected chi connectivity index (χ4v) is 4.48. The smallest absolute Gasteiger partial charge is 0.307 e. The third kappa shape index (κ3) is 11.1. The van der Waals surface area contributed by atoms with Crippen LogP contribution in [0.5, 0.6) is 5.75 Å². The first kappa shape index (κ1) is 34.2. The summed E-state index contributed by atoms with van der Waals surface area (Å²) < 4.78 is 5.54. The fourth-order valence-electron chi connectivity index (χ4n) is 4.48. The summed E-state index contributed by atoms with van der Waals surface area (Å²) in [5.74, 6) is 0.0638. The molecule has 3 N–H and O–H groups in total. The molecule has 0 saturated heterocycles. The number of carboxylic acid groups (broad SMARTS) is 1. The van der Waals surface area contributed by atoms with Crippen molar-refractivity contribution in [1.82, 2.24) is 10.2 Å². The summed E-state index contributed by atoms with van der Waals surface area (Å²) in [4.78, 5) is 23.4. The lowest BCUT2D eigenvalue weighted by Gasteiger charge is -2.19. The second-order valence-electron chi connectivity index (χ2n) is 11.2. The average Bonchev–Trinajstić information content (AvgIpc) is 2.95. The van der Waals surface area contributed by atoms with Crippen LogP contribution in [0.15, 0.2) is 66.7 Å². The topological polar surface area (TPSA) is 103 Å². The van der Waals surface area contributed by atoms with Crippen molar-refractivity contribution < 1.29 is 19.4 Å². The van der Waals surface area contributed by atoms with E-state index in [1.807, 2.05) is 63.4 Å². The molecule has 0 saturated carbocycles. The van der Waals surface area contributed by atoms with E-state index >= 15 is 0 Å². The van der Waals surface area contributed by atoms with Gasteiger partial charge < -0.3 is 20.1 Å². The molecule has 0 heterocycles. The number of hydrogen-bond acceptors (Lipinski definition) is 5. The zero-order valence-electron chi connectivity index (χ0n) is 26.0. The van der Waals surface area contributed by atoms with E-state index < -0.39 is 5.97 Å². The first-order chi connectivity index (χ1) is 20.0. The van der Waals surface area contributed by atoms with Crippen molar-refractivity contribution >= 4 is 18.2 Å². The average molecular weight is 574 g/mol. The summed E-state index contributed by atoms with van der Waals surface area (Å²) in [5.41, 5.74) is 6.78. The number of nitrogens with zero attached hydrogens (tertiary/aromatic N) is 1. The zero-order valence-corrected chi connectivity index (χ0v) is 26.0. The number of benzene rings is 3. The Hall–Kier alpha value is -3.97. The molecular weight excluding hydrogens is 526 g/mol. The lowest BCUT2D eigenvalue weighted by Crippen LogP contribution is -2.28. The van der Waals surface area contributed by atoms with Crippen LogP contribution in [0.3, 0.4) is 0 Å². The predicted octanol–water partition coefficient (Wildman–Crippen LogP) is 6.86. The van der Waals surface area contributed by atoms with E-state index in [1.54, 1.807) is 0 Å². The summed E-state index contributed by atoms with van der Waals surface area (Å²) in [6.45, 7) is 12.4. The maximum absolute atomic E-state index is 11.2. The number of rotatable bonds is 13. The number of aliphatic carboxylic acids is 1. The van der Waals surface area contributed by atoms with Crippen molar-refractivity contribution in [1.29, 1.82) is 5.41 Å². The van der Waals surface area contributed by atoms with Crippen molar-refractivity contribution in [2.24, 2.45) is 0 Å². The molecule has 0 radical (unpaired) electrons. The molecule has 0 aliphatic heterocycles. The van der Waals surface area contributed by atoms with Crippen LogP contribution in [0.4, 0.5) is 0 Å². The summed E-state index contributed by atoms with van der Waals surface area (Å²) in [6.07, 6.45) is 2.81. The van der Waals surface area contributed by atoms with E-state index in [9.17, 15) is 9.59 Å². The van der Waals surface area contributed by atoms with Gasteiger partial charge in [-0.05, 0) is 79.1 Å². The SMILES string of the molecule is CCOc1ccc(-c2ccc(CCCC(=N)N(C=O)CC)cc2)cc1CC(=O)O.CNCc1ccc(C(C)(C)C)cc1. The minimum atomic E-state index is -0.889. The molecule has 3 rings (SSSR count). The normalized spacial score (nSPS) is 10.8. The van der Waals surface area contributed by atoms with Gasteiger partial charge in [-0.15, -0.1) is 0 Å². The van der Waals surface area contributed by atoms with Gasteiger partial charge in [0.25, 0.3) is 0 Å². The summed E-state index contributed by atoms with van der Waals surface area (Å²) in [7, 11) is 1.97. The Balaban J connectivity index is 0.000000395. The molecule has 0 aliphatic rings. The van der Waals surface area contributed by atoms with Gasteiger partial charge in [0.05, 0.1) is 13.0 Å². The van der Waals surface area contributed by atoms with Crippen LogP contribution in [0, 0.1) is 5.41 Å². The highest BCUT2D eigenvalue weighted by Crippen LogP contribution is 2.28. The first-order valence-corrected chi connectivity index (χ1v) is 14.6. The molecule has 3 aromatic rings. The third-order valence-corrected chi connectivity index (χ3v) is 6.88. The molecule has 0 fully saturated rings. The molecule has 1 amide bonds. The van der Waals surface area contributed by atoms with Gasteiger partial charge in [-0.25, -0.2) is 0 Å². The van der Waals surface area contributed by atoms with Crippen LogP contribution in [-0.4, -0.2) is 48.4 Å². The third-order valence-electron chi connectivity index (χ3n) is 6.88. The van der Waals surface area contributed by atoms with Crippen LogP contribution in [0.2, 0.25) is 0 Å². The molecule has 0 bridgehead atoms. The highest BCUT2D eigenvalue weighted by molar-refractivity contribution is 5.88. The van der Waals surface area contributed by atoms with E-state index in [4.69, 9.17) is 15.3 Å². The number of carbonyl (C=O) groups excluding carboxylic acids is 1. The Morgan fingerprint density at radius 1 is 0.976 bits per heavy atom. The van der Waals surface area contributed by atoms with Crippen molar-refractivity contribution in [3.05, 3.63) is 89.0 Å². The standard InChI is InChI=1S/C23H28N2O4.C12H19N/c1-3-25(16-26)22(24)7-5-6-17-8-10-18(11-9-17)19-12-13-21(29-4-2)20(14-19)15-23(27)28;1-12(2,3)11-7-5-10(6-8-11)9-13-4/h8-14,16,24H,3-7,15H2,1-2H3,(H,27,28);5-8,13H,9H2,1-4H3. The summed E-state index contributed by atoms with van der Waals surface area (Å²) >= 11 is 0. The second-order valence-corrected chi connectivity index (χ2v) is 11.2. The van der Waals surface area contributed by atoms with E-state index in [2.05, 4.69) is 50.4 Å². The fraction of sp³-hybridized carbons (Fsp3) is 0.400. The zero-order chi connectivity index (χ0) is 31.1. The first-order valence-electron chi connectivity index (χ1n) is 14.6. The van der Waals surface area contributed by atoms with E-state index in [0.29, 0.717) is 43.1 Å². The van der Waals surface area contributed by atoms with Gasteiger partial charge in [0.15, 0.2) is 0 Å². The molecule has 0 aromatic heterocycles. The quantitative estimate of drug-likeness (QED) is 0.118. The molecule has 7 nitrogen and oxygen atoms in total. The largest absolute Gasteiger partial charge is 0.494 e. The molecule has 7 heteroatoms. The Morgan fingerprint density at radius 2 is 1.60 bits per heavy atom. The number of carboxylic acids is 1. The summed E-state index contributed by atoms with van der Waals surface area (Å²) in [5, 5.41) is 20.2. The van der Waals surface area contributed by atoms with E-state index in [0.717, 1.165) is 36.1 Å². The molecule has 226 valence electrons. The van der Waals surface area contributed by atoms with Crippen molar-refractivity contribution in [2.75, 3.05) is 20.2 Å². The second kappa shape index (κ2) is 17.1. The number of nitrogens with one attached hydrogen (secondary N) is 2. The summed E-state index contributed by atoms with van der Waals surface area (Å²) in [6, 6.07) is 22.6.